The number of ether oxygens (including phenoxy) is 1. The third-order valence-electron chi connectivity index (χ3n) is 2.81. The van der Waals surface area contributed by atoms with Gasteiger partial charge in [0.1, 0.15) is 5.75 Å². The molecule has 4 nitrogen and oxygen atoms in total. The van der Waals surface area contributed by atoms with Crippen LogP contribution in [0.4, 0.5) is 0 Å². The van der Waals surface area contributed by atoms with Gasteiger partial charge in [-0.2, -0.15) is 0 Å². The molecule has 2 rings (SSSR count). The summed E-state index contributed by atoms with van der Waals surface area (Å²) < 4.78 is 29.4. The van der Waals surface area contributed by atoms with Crippen molar-refractivity contribution in [2.24, 2.45) is 0 Å². The summed E-state index contributed by atoms with van der Waals surface area (Å²) in [6, 6.07) is 7.10. The number of benzene rings is 1. The van der Waals surface area contributed by atoms with E-state index >= 15 is 0 Å². The number of sulfone groups is 1. The molecule has 0 amide bonds. The van der Waals surface area contributed by atoms with Crippen LogP contribution in [0.1, 0.15) is 22.4 Å². The van der Waals surface area contributed by atoms with E-state index in [-0.39, 0.29) is 11.5 Å². The molecule has 0 radical (unpaired) electrons. The summed E-state index contributed by atoms with van der Waals surface area (Å²) in [4.78, 5) is 4.99. The first-order valence-corrected chi connectivity index (χ1v) is 8.93. The molecule has 2 aromatic rings. The molecule has 0 atom stereocenters. The minimum atomic E-state index is -3.17. The van der Waals surface area contributed by atoms with Crippen LogP contribution in [-0.2, 0) is 27.8 Å². The number of nitrogens with zero attached hydrogens (tertiary/aromatic N) is 1. The van der Waals surface area contributed by atoms with E-state index in [0.29, 0.717) is 0 Å². The second kappa shape index (κ2) is 6.37. The molecule has 0 aliphatic carbocycles. The van der Waals surface area contributed by atoms with Gasteiger partial charge in [-0.1, -0.05) is 19.1 Å². The van der Waals surface area contributed by atoms with E-state index in [1.165, 1.54) is 11.3 Å². The number of hydrogen-bond acceptors (Lipinski definition) is 5. The van der Waals surface area contributed by atoms with Gasteiger partial charge >= 0.3 is 0 Å². The molecule has 1 heterocycles. The van der Waals surface area contributed by atoms with Crippen LogP contribution >= 0.6 is 11.3 Å². The fourth-order valence-corrected chi connectivity index (χ4v) is 4.56. The molecule has 0 saturated heterocycles. The lowest BCUT2D eigenvalue weighted by molar-refractivity contribution is 0.414. The van der Waals surface area contributed by atoms with Crippen molar-refractivity contribution in [3.8, 4) is 5.75 Å². The Morgan fingerprint density at radius 2 is 1.90 bits per heavy atom. The van der Waals surface area contributed by atoms with Gasteiger partial charge in [0, 0.05) is 11.1 Å². The van der Waals surface area contributed by atoms with Crippen molar-refractivity contribution in [2.75, 3.05) is 7.11 Å². The Morgan fingerprint density at radius 3 is 2.45 bits per heavy atom. The van der Waals surface area contributed by atoms with Crippen LogP contribution in [0.5, 0.6) is 5.75 Å². The zero-order chi connectivity index (χ0) is 14.6. The molecule has 0 aliphatic rings. The summed E-state index contributed by atoms with van der Waals surface area (Å²) >= 11 is 1.47. The maximum Gasteiger partial charge on any atom is 0.159 e. The Bertz CT molecular complexity index is 660. The second-order valence-corrected chi connectivity index (χ2v) is 7.72. The maximum atomic E-state index is 12.2. The fourth-order valence-electron chi connectivity index (χ4n) is 1.82. The molecule has 0 N–H and O–H groups in total. The SMILES string of the molecule is CCc1ncc(CS(=O)(=O)Cc2ccc(OC)cc2)s1. The first-order chi connectivity index (χ1) is 9.52. The van der Waals surface area contributed by atoms with Crippen LogP contribution in [0.3, 0.4) is 0 Å². The molecule has 1 aromatic heterocycles. The van der Waals surface area contributed by atoms with Gasteiger partial charge in [-0.05, 0) is 24.1 Å². The zero-order valence-electron chi connectivity index (χ0n) is 11.5. The highest BCUT2D eigenvalue weighted by Crippen LogP contribution is 2.19. The van der Waals surface area contributed by atoms with Gasteiger partial charge in [0.15, 0.2) is 9.84 Å². The van der Waals surface area contributed by atoms with Crippen molar-refractivity contribution in [1.82, 2.24) is 4.98 Å². The highest BCUT2D eigenvalue weighted by atomic mass is 32.2. The predicted octanol–water partition coefficient (Wildman–Crippen LogP) is 2.83. The van der Waals surface area contributed by atoms with Crippen LogP contribution in [0.15, 0.2) is 30.5 Å². The van der Waals surface area contributed by atoms with Crippen molar-refractivity contribution in [3.63, 3.8) is 0 Å². The normalized spacial score (nSPS) is 11.5. The third kappa shape index (κ3) is 4.05. The Hall–Kier alpha value is -1.40. The molecule has 0 spiro atoms. The van der Waals surface area contributed by atoms with E-state index in [0.717, 1.165) is 27.6 Å². The quantitative estimate of drug-likeness (QED) is 0.823. The molecular weight excluding hydrogens is 294 g/mol. The summed E-state index contributed by atoms with van der Waals surface area (Å²) in [5.74, 6) is 0.814. The molecule has 0 fully saturated rings. The predicted molar refractivity (Wildman–Crippen MR) is 80.8 cm³/mol. The number of rotatable bonds is 6. The lowest BCUT2D eigenvalue weighted by atomic mass is 10.2. The summed E-state index contributed by atoms with van der Waals surface area (Å²) in [6.45, 7) is 2.01. The highest BCUT2D eigenvalue weighted by Gasteiger charge is 2.15. The zero-order valence-corrected chi connectivity index (χ0v) is 13.1. The summed E-state index contributed by atoms with van der Waals surface area (Å²) in [5, 5.41) is 0.972. The fraction of sp³-hybridized carbons (Fsp3) is 0.357. The Morgan fingerprint density at radius 1 is 1.20 bits per heavy atom. The van der Waals surface area contributed by atoms with E-state index in [4.69, 9.17) is 4.74 Å². The largest absolute Gasteiger partial charge is 0.497 e. The van der Waals surface area contributed by atoms with Crippen LogP contribution < -0.4 is 4.74 Å². The molecule has 108 valence electrons. The van der Waals surface area contributed by atoms with Gasteiger partial charge in [0.05, 0.1) is 23.6 Å². The molecule has 0 unspecified atom stereocenters. The number of thiazole rings is 1. The lowest BCUT2D eigenvalue weighted by Crippen LogP contribution is -2.06. The van der Waals surface area contributed by atoms with Gasteiger partial charge < -0.3 is 4.74 Å². The van der Waals surface area contributed by atoms with Crippen molar-refractivity contribution in [1.29, 1.82) is 0 Å². The van der Waals surface area contributed by atoms with Gasteiger partial charge in [-0.25, -0.2) is 13.4 Å². The Labute approximate surface area is 123 Å². The monoisotopic (exact) mass is 311 g/mol. The van der Waals surface area contributed by atoms with Gasteiger partial charge in [0.25, 0.3) is 0 Å². The van der Waals surface area contributed by atoms with Crippen molar-refractivity contribution < 1.29 is 13.2 Å². The van der Waals surface area contributed by atoms with Crippen LogP contribution in [0.25, 0.3) is 0 Å². The van der Waals surface area contributed by atoms with Gasteiger partial charge in [0.2, 0.25) is 0 Å². The lowest BCUT2D eigenvalue weighted by Gasteiger charge is -2.04. The van der Waals surface area contributed by atoms with Crippen LogP contribution in [0.2, 0.25) is 0 Å². The molecule has 0 bridgehead atoms. The average Bonchev–Trinajstić information content (AvgIpc) is 2.86. The average molecular weight is 311 g/mol. The van der Waals surface area contributed by atoms with E-state index in [1.807, 2.05) is 6.92 Å². The number of methoxy groups -OCH3 is 1. The molecule has 1 aromatic carbocycles. The van der Waals surface area contributed by atoms with Crippen LogP contribution in [0, 0.1) is 0 Å². The molecule has 0 aliphatic heterocycles. The minimum Gasteiger partial charge on any atom is -0.497 e. The van der Waals surface area contributed by atoms with E-state index in [2.05, 4.69) is 4.98 Å². The highest BCUT2D eigenvalue weighted by molar-refractivity contribution is 7.90. The number of aromatic nitrogens is 1. The standard InChI is InChI=1S/C14H17NO3S2/c1-3-14-15-8-13(19-14)10-20(16,17)9-11-4-6-12(18-2)7-5-11/h4-8H,3,9-10H2,1-2H3. The third-order valence-corrected chi connectivity index (χ3v) is 5.66. The first-order valence-electron chi connectivity index (χ1n) is 6.29. The Kier molecular flexibility index (Phi) is 4.77. The van der Waals surface area contributed by atoms with E-state index in [9.17, 15) is 8.42 Å². The molecule has 0 saturated carbocycles. The smallest absolute Gasteiger partial charge is 0.159 e. The first kappa shape index (κ1) is 15.0. The number of hydrogen-bond donors (Lipinski definition) is 0. The van der Waals surface area contributed by atoms with Crippen molar-refractivity contribution in [3.05, 3.63) is 45.9 Å². The molecular formula is C14H17NO3S2. The summed E-state index contributed by atoms with van der Waals surface area (Å²) in [7, 11) is -1.59. The summed E-state index contributed by atoms with van der Waals surface area (Å²) in [5.41, 5.74) is 0.769. The minimum absolute atomic E-state index is 0.0380. The number of aryl methyl sites for hydroxylation is 1. The van der Waals surface area contributed by atoms with Gasteiger partial charge in [-0.3, -0.25) is 0 Å². The topological polar surface area (TPSA) is 56.3 Å². The van der Waals surface area contributed by atoms with Gasteiger partial charge in [-0.15, -0.1) is 11.3 Å². The van der Waals surface area contributed by atoms with Crippen molar-refractivity contribution in [2.45, 2.75) is 24.9 Å². The molecule has 20 heavy (non-hydrogen) atoms. The van der Waals surface area contributed by atoms with E-state index in [1.54, 1.807) is 37.6 Å². The summed E-state index contributed by atoms with van der Waals surface area (Å²) in [6.07, 6.45) is 2.50. The Balaban J connectivity index is 2.06. The maximum absolute atomic E-state index is 12.2. The molecule has 6 heteroatoms. The van der Waals surface area contributed by atoms with Crippen LogP contribution in [-0.4, -0.2) is 20.5 Å². The van der Waals surface area contributed by atoms with E-state index < -0.39 is 9.84 Å². The second-order valence-electron chi connectivity index (χ2n) is 4.45. The van der Waals surface area contributed by atoms with Crippen molar-refractivity contribution >= 4 is 21.2 Å².